The first-order chi connectivity index (χ1) is 11.8. The summed E-state index contributed by atoms with van der Waals surface area (Å²) < 4.78 is 11.0. The minimum Gasteiger partial charge on any atom is -0.486 e. The first-order valence-electron chi connectivity index (χ1n) is 8.10. The molecule has 0 unspecified atom stereocenters. The van der Waals surface area contributed by atoms with Crippen LogP contribution in [0, 0.1) is 5.92 Å². The Kier molecular flexibility index (Phi) is 4.28. The summed E-state index contributed by atoms with van der Waals surface area (Å²) >= 11 is 0. The number of amides is 3. The molecule has 0 saturated carbocycles. The molecule has 0 bridgehead atoms. The molecule has 2 aliphatic rings. The van der Waals surface area contributed by atoms with E-state index in [2.05, 4.69) is 5.32 Å². The number of nitrogens with two attached hydrogens (primary N) is 1. The van der Waals surface area contributed by atoms with Gasteiger partial charge < -0.3 is 25.4 Å². The molecule has 1 aromatic carbocycles. The lowest BCUT2D eigenvalue weighted by molar-refractivity contribution is -0.132. The minimum absolute atomic E-state index is 0.0785. The number of hydrogen-bond donors (Lipinski definition) is 2. The summed E-state index contributed by atoms with van der Waals surface area (Å²) in [6, 6.07) is 5.25. The van der Waals surface area contributed by atoms with E-state index < -0.39 is 17.4 Å². The number of benzene rings is 1. The molecule has 1 atom stereocenters. The van der Waals surface area contributed by atoms with Crippen LogP contribution in [0.25, 0.3) is 0 Å². The number of carbonyl (C=O) groups is 3. The molecule has 134 valence electrons. The Bertz CT molecular complexity index is 731. The molecule has 0 aromatic heterocycles. The van der Waals surface area contributed by atoms with Crippen molar-refractivity contribution >= 4 is 23.4 Å². The summed E-state index contributed by atoms with van der Waals surface area (Å²) in [5, 5.41) is 2.60. The van der Waals surface area contributed by atoms with Gasteiger partial charge in [0.05, 0.1) is 5.92 Å². The maximum Gasteiger partial charge on any atom is 0.242 e. The fraction of sp³-hybridized carbons (Fsp3) is 0.471. The van der Waals surface area contributed by atoms with E-state index in [1.54, 1.807) is 23.1 Å². The van der Waals surface area contributed by atoms with Crippen LogP contribution in [0.15, 0.2) is 18.2 Å². The standard InChI is InChI=1S/C17H21N3O5/c1-17(2,16(18)23)19-15(22)10-7-14(21)20(9-10)11-3-4-12-13(8-11)25-6-5-24-12/h3-4,8,10H,5-7,9H2,1-2H3,(H2,18,23)(H,19,22)/t10-/m1/s1. The zero-order valence-electron chi connectivity index (χ0n) is 14.2. The molecular formula is C17H21N3O5. The van der Waals surface area contributed by atoms with Crippen molar-refractivity contribution in [1.29, 1.82) is 0 Å². The van der Waals surface area contributed by atoms with E-state index in [0.29, 0.717) is 30.4 Å². The number of nitrogens with one attached hydrogen (secondary N) is 1. The van der Waals surface area contributed by atoms with E-state index in [4.69, 9.17) is 15.2 Å². The molecular weight excluding hydrogens is 326 g/mol. The molecule has 3 amide bonds. The number of hydrogen-bond acceptors (Lipinski definition) is 5. The average Bonchev–Trinajstić information content (AvgIpc) is 2.96. The lowest BCUT2D eigenvalue weighted by Gasteiger charge is -2.24. The first-order valence-corrected chi connectivity index (χ1v) is 8.10. The minimum atomic E-state index is -1.16. The Morgan fingerprint density at radius 2 is 1.92 bits per heavy atom. The molecule has 0 spiro atoms. The predicted molar refractivity (Wildman–Crippen MR) is 89.3 cm³/mol. The van der Waals surface area contributed by atoms with Crippen molar-refractivity contribution in [3.05, 3.63) is 18.2 Å². The van der Waals surface area contributed by atoms with Crippen LogP contribution in [0.5, 0.6) is 11.5 Å². The zero-order chi connectivity index (χ0) is 18.2. The molecule has 1 aromatic rings. The van der Waals surface area contributed by atoms with Crippen molar-refractivity contribution in [3.8, 4) is 11.5 Å². The number of fused-ring (bicyclic) bond motifs is 1. The molecule has 25 heavy (non-hydrogen) atoms. The third kappa shape index (κ3) is 3.38. The van der Waals surface area contributed by atoms with Gasteiger partial charge in [-0.2, -0.15) is 0 Å². The van der Waals surface area contributed by atoms with Gasteiger partial charge in [0.2, 0.25) is 17.7 Å². The van der Waals surface area contributed by atoms with Crippen molar-refractivity contribution < 1.29 is 23.9 Å². The lowest BCUT2D eigenvalue weighted by Crippen LogP contribution is -2.54. The highest BCUT2D eigenvalue weighted by molar-refractivity contribution is 6.01. The molecule has 8 heteroatoms. The monoisotopic (exact) mass is 347 g/mol. The highest BCUT2D eigenvalue weighted by Crippen LogP contribution is 2.36. The molecule has 1 fully saturated rings. The Balaban J connectivity index is 1.72. The van der Waals surface area contributed by atoms with Gasteiger partial charge in [-0.15, -0.1) is 0 Å². The summed E-state index contributed by atoms with van der Waals surface area (Å²) in [4.78, 5) is 37.6. The van der Waals surface area contributed by atoms with Crippen LogP contribution in [-0.4, -0.2) is 43.0 Å². The van der Waals surface area contributed by atoms with Gasteiger partial charge in [0.15, 0.2) is 11.5 Å². The van der Waals surface area contributed by atoms with Crippen molar-refractivity contribution in [2.45, 2.75) is 25.8 Å². The molecule has 0 radical (unpaired) electrons. The van der Waals surface area contributed by atoms with E-state index >= 15 is 0 Å². The third-order valence-electron chi connectivity index (χ3n) is 4.38. The number of primary amides is 1. The van der Waals surface area contributed by atoms with Gasteiger partial charge in [0.25, 0.3) is 0 Å². The number of nitrogens with zero attached hydrogens (tertiary/aromatic N) is 1. The second-order valence-electron chi connectivity index (χ2n) is 6.71. The first kappa shape index (κ1) is 17.1. The third-order valence-corrected chi connectivity index (χ3v) is 4.38. The number of anilines is 1. The van der Waals surface area contributed by atoms with Crippen molar-refractivity contribution in [1.82, 2.24) is 5.32 Å². The van der Waals surface area contributed by atoms with E-state index in [9.17, 15) is 14.4 Å². The molecule has 2 aliphatic heterocycles. The Morgan fingerprint density at radius 3 is 2.60 bits per heavy atom. The predicted octanol–water partition coefficient (Wildman–Crippen LogP) is 0.191. The summed E-state index contributed by atoms with van der Waals surface area (Å²) in [6.45, 7) is 4.24. The van der Waals surface area contributed by atoms with Gasteiger partial charge >= 0.3 is 0 Å². The topological polar surface area (TPSA) is 111 Å². The zero-order valence-corrected chi connectivity index (χ0v) is 14.2. The number of ether oxygens (including phenoxy) is 2. The van der Waals surface area contributed by atoms with Crippen LogP contribution in [-0.2, 0) is 14.4 Å². The molecule has 3 N–H and O–H groups in total. The normalized spacial score (nSPS) is 19.7. The highest BCUT2D eigenvalue weighted by Gasteiger charge is 2.38. The Hall–Kier alpha value is -2.77. The second-order valence-corrected chi connectivity index (χ2v) is 6.71. The van der Waals surface area contributed by atoms with Crippen molar-refractivity contribution in [2.24, 2.45) is 11.7 Å². The largest absolute Gasteiger partial charge is 0.486 e. The summed E-state index contributed by atoms with van der Waals surface area (Å²) in [7, 11) is 0. The summed E-state index contributed by atoms with van der Waals surface area (Å²) in [5.41, 5.74) is 4.76. The maximum atomic E-state index is 12.4. The van der Waals surface area contributed by atoms with Crippen LogP contribution in [0.4, 0.5) is 5.69 Å². The lowest BCUT2D eigenvalue weighted by atomic mass is 10.0. The fourth-order valence-electron chi connectivity index (χ4n) is 2.80. The van der Waals surface area contributed by atoms with Gasteiger partial charge in [0, 0.05) is 24.7 Å². The quantitative estimate of drug-likeness (QED) is 0.808. The summed E-state index contributed by atoms with van der Waals surface area (Å²) in [6.07, 6.45) is 0.0785. The van der Waals surface area contributed by atoms with Crippen LogP contribution in [0.2, 0.25) is 0 Å². The molecule has 1 saturated heterocycles. The molecule has 3 rings (SSSR count). The van der Waals surface area contributed by atoms with E-state index in [-0.39, 0.29) is 24.8 Å². The van der Waals surface area contributed by atoms with E-state index in [0.717, 1.165) is 0 Å². The van der Waals surface area contributed by atoms with Gasteiger partial charge in [-0.05, 0) is 26.0 Å². The maximum absolute atomic E-state index is 12.4. The van der Waals surface area contributed by atoms with Crippen LogP contribution in [0.3, 0.4) is 0 Å². The van der Waals surface area contributed by atoms with Gasteiger partial charge in [0.1, 0.15) is 18.8 Å². The van der Waals surface area contributed by atoms with Gasteiger partial charge in [-0.25, -0.2) is 0 Å². The van der Waals surface area contributed by atoms with Gasteiger partial charge in [-0.1, -0.05) is 0 Å². The fourth-order valence-corrected chi connectivity index (χ4v) is 2.80. The second kappa shape index (κ2) is 6.27. The molecule has 2 heterocycles. The average molecular weight is 347 g/mol. The van der Waals surface area contributed by atoms with Crippen molar-refractivity contribution in [3.63, 3.8) is 0 Å². The summed E-state index contributed by atoms with van der Waals surface area (Å²) in [5.74, 6) is -0.474. The number of rotatable bonds is 4. The smallest absolute Gasteiger partial charge is 0.242 e. The van der Waals surface area contributed by atoms with Crippen molar-refractivity contribution in [2.75, 3.05) is 24.7 Å². The molecule has 0 aliphatic carbocycles. The van der Waals surface area contributed by atoms with E-state index in [1.165, 1.54) is 13.8 Å². The Morgan fingerprint density at radius 1 is 1.24 bits per heavy atom. The van der Waals surface area contributed by atoms with Crippen LogP contribution >= 0.6 is 0 Å². The van der Waals surface area contributed by atoms with Gasteiger partial charge in [-0.3, -0.25) is 14.4 Å². The highest BCUT2D eigenvalue weighted by atomic mass is 16.6. The SMILES string of the molecule is CC(C)(NC(=O)[C@@H]1CC(=O)N(c2ccc3c(c2)OCCO3)C1)C(N)=O. The Labute approximate surface area is 145 Å². The van der Waals surface area contributed by atoms with Crippen LogP contribution < -0.4 is 25.4 Å². The number of carbonyl (C=O) groups excluding carboxylic acids is 3. The van der Waals surface area contributed by atoms with E-state index in [1.807, 2.05) is 0 Å². The van der Waals surface area contributed by atoms with Crippen LogP contribution in [0.1, 0.15) is 20.3 Å². The molecule has 8 nitrogen and oxygen atoms in total.